The van der Waals surface area contributed by atoms with E-state index < -0.39 is 6.61 Å². The molecule has 3 aromatic rings. The van der Waals surface area contributed by atoms with Gasteiger partial charge in [-0.15, -0.1) is 6.42 Å². The fraction of sp³-hybridized carbons (Fsp3) is 0.303. The van der Waals surface area contributed by atoms with Crippen molar-refractivity contribution >= 4 is 28.8 Å². The molecule has 3 heterocycles. The number of terminal acetylenes is 1. The highest BCUT2D eigenvalue weighted by Crippen LogP contribution is 2.43. The Bertz CT molecular complexity index is 1590. The summed E-state index contributed by atoms with van der Waals surface area (Å²) in [6.45, 7) is 3.17. The summed E-state index contributed by atoms with van der Waals surface area (Å²) in [7, 11) is 0. The molecule has 1 saturated heterocycles. The molecule has 202 valence electrons. The zero-order chi connectivity index (χ0) is 27.9. The van der Waals surface area contributed by atoms with Crippen LogP contribution in [0.2, 0.25) is 0 Å². The van der Waals surface area contributed by atoms with Gasteiger partial charge in [0.25, 0.3) is 0 Å². The molecule has 0 atom stereocenters. The first-order chi connectivity index (χ1) is 19.3. The largest absolute Gasteiger partial charge is 0.435 e. The van der Waals surface area contributed by atoms with E-state index in [1.54, 1.807) is 24.5 Å². The van der Waals surface area contributed by atoms with Crippen LogP contribution in [-0.4, -0.2) is 35.4 Å². The van der Waals surface area contributed by atoms with E-state index in [4.69, 9.17) is 16.4 Å². The number of nitrogens with zero attached hydrogens (tertiary/aromatic N) is 4. The van der Waals surface area contributed by atoms with Crippen molar-refractivity contribution in [3.8, 4) is 18.1 Å². The second-order valence-corrected chi connectivity index (χ2v) is 10.9. The van der Waals surface area contributed by atoms with E-state index in [0.717, 1.165) is 83.1 Å². The zero-order valence-corrected chi connectivity index (χ0v) is 22.6. The van der Waals surface area contributed by atoms with Crippen molar-refractivity contribution in [1.29, 1.82) is 0 Å². The number of piperidine rings is 1. The second-order valence-electron chi connectivity index (χ2n) is 10.9. The van der Waals surface area contributed by atoms with Crippen LogP contribution in [0.25, 0.3) is 17.2 Å². The Labute approximate surface area is 233 Å². The second kappa shape index (κ2) is 10.3. The highest BCUT2D eigenvalue weighted by atomic mass is 19.3. The molecule has 3 aliphatic rings. The molecule has 0 unspecified atom stereocenters. The van der Waals surface area contributed by atoms with Crippen LogP contribution >= 0.6 is 0 Å². The Morgan fingerprint density at radius 2 is 1.80 bits per heavy atom. The SMILES string of the molecule is C#Cc1ccc(C2=Cc3c(ncnc3N3CCC(C)(C4=NC(C)=C(c5cccc(OC(F)F)c5)C4)CC3)C2)cc1. The molecule has 0 amide bonds. The third kappa shape index (κ3) is 4.90. The van der Waals surface area contributed by atoms with E-state index in [0.29, 0.717) is 6.42 Å². The number of halogens is 2. The summed E-state index contributed by atoms with van der Waals surface area (Å²) in [6.07, 6.45) is 12.8. The predicted octanol–water partition coefficient (Wildman–Crippen LogP) is 7.04. The van der Waals surface area contributed by atoms with E-state index in [1.807, 2.05) is 25.1 Å². The quantitative estimate of drug-likeness (QED) is 0.317. The lowest BCUT2D eigenvalue weighted by Crippen LogP contribution is -2.43. The molecule has 7 heteroatoms. The number of fused-ring (bicyclic) bond motifs is 1. The van der Waals surface area contributed by atoms with Gasteiger partial charge in [0, 0.05) is 53.9 Å². The number of anilines is 1. The van der Waals surface area contributed by atoms with Crippen molar-refractivity contribution < 1.29 is 13.5 Å². The van der Waals surface area contributed by atoms with E-state index in [2.05, 4.69) is 45.7 Å². The Morgan fingerprint density at radius 1 is 1.02 bits per heavy atom. The monoisotopic (exact) mass is 536 g/mol. The molecule has 40 heavy (non-hydrogen) atoms. The fourth-order valence-electron chi connectivity index (χ4n) is 5.96. The summed E-state index contributed by atoms with van der Waals surface area (Å²) in [5.74, 6) is 3.83. The standard InChI is InChI=1S/C33H30F2N4O/c1-4-22-8-10-23(11-9-22)25-17-28-29(18-25)36-20-37-31(28)39-14-12-33(3,13-15-39)30-19-27(21(2)38-30)24-6-5-7-26(16-24)40-32(34)35/h1,5-11,16-17,20,32H,12-15,18-19H2,2-3H3. The molecule has 1 fully saturated rings. The minimum Gasteiger partial charge on any atom is -0.435 e. The third-order valence-corrected chi connectivity index (χ3v) is 8.40. The van der Waals surface area contributed by atoms with Crippen LogP contribution < -0.4 is 9.64 Å². The summed E-state index contributed by atoms with van der Waals surface area (Å²) in [6, 6.07) is 15.0. The van der Waals surface area contributed by atoms with Crippen molar-refractivity contribution in [2.24, 2.45) is 10.4 Å². The molecule has 0 spiro atoms. The lowest BCUT2D eigenvalue weighted by molar-refractivity contribution is -0.0498. The van der Waals surface area contributed by atoms with Gasteiger partial charge in [-0.05, 0) is 72.4 Å². The number of benzene rings is 2. The van der Waals surface area contributed by atoms with Crippen molar-refractivity contribution in [3.05, 3.63) is 88.5 Å². The highest BCUT2D eigenvalue weighted by molar-refractivity contribution is 6.03. The maximum Gasteiger partial charge on any atom is 0.387 e. The van der Waals surface area contributed by atoms with E-state index in [9.17, 15) is 8.78 Å². The van der Waals surface area contributed by atoms with Gasteiger partial charge in [0.05, 0.1) is 5.69 Å². The number of alkyl halides is 2. The molecule has 2 aromatic carbocycles. The first kappa shape index (κ1) is 25.9. The molecule has 1 aromatic heterocycles. The zero-order valence-electron chi connectivity index (χ0n) is 22.6. The molecule has 2 aliphatic heterocycles. The molecular weight excluding hydrogens is 506 g/mol. The van der Waals surface area contributed by atoms with Crippen LogP contribution in [0.1, 0.15) is 61.1 Å². The summed E-state index contributed by atoms with van der Waals surface area (Å²) in [5.41, 5.74) is 9.40. The number of hydrogen-bond acceptors (Lipinski definition) is 5. The number of allylic oxidation sites excluding steroid dienone is 3. The van der Waals surface area contributed by atoms with Gasteiger partial charge in [-0.1, -0.05) is 37.1 Å². The number of hydrogen-bond donors (Lipinski definition) is 0. The maximum atomic E-state index is 12.7. The van der Waals surface area contributed by atoms with Crippen molar-refractivity contribution in [2.75, 3.05) is 18.0 Å². The van der Waals surface area contributed by atoms with Crippen molar-refractivity contribution in [3.63, 3.8) is 0 Å². The first-order valence-electron chi connectivity index (χ1n) is 13.5. The molecule has 0 radical (unpaired) electrons. The normalized spacial score (nSPS) is 17.9. The Morgan fingerprint density at radius 3 is 2.52 bits per heavy atom. The molecule has 5 nitrogen and oxygen atoms in total. The minimum atomic E-state index is -2.84. The van der Waals surface area contributed by atoms with Crippen LogP contribution in [0, 0.1) is 17.8 Å². The maximum absolute atomic E-state index is 12.7. The molecule has 0 bridgehead atoms. The molecule has 0 N–H and O–H groups in total. The summed E-state index contributed by atoms with van der Waals surface area (Å²) in [4.78, 5) is 16.6. The van der Waals surface area contributed by atoms with Gasteiger partial charge in [-0.2, -0.15) is 8.78 Å². The summed E-state index contributed by atoms with van der Waals surface area (Å²) >= 11 is 0. The number of ether oxygens (including phenoxy) is 1. The molecule has 1 aliphatic carbocycles. The van der Waals surface area contributed by atoms with Gasteiger partial charge < -0.3 is 9.64 Å². The van der Waals surface area contributed by atoms with Crippen molar-refractivity contribution in [1.82, 2.24) is 9.97 Å². The lowest BCUT2D eigenvalue weighted by Gasteiger charge is -2.40. The number of rotatable bonds is 6. The van der Waals surface area contributed by atoms with Crippen LogP contribution in [-0.2, 0) is 6.42 Å². The first-order valence-corrected chi connectivity index (χ1v) is 13.5. The summed E-state index contributed by atoms with van der Waals surface area (Å²) in [5, 5.41) is 0. The topological polar surface area (TPSA) is 50.6 Å². The Hall–Kier alpha value is -4.31. The van der Waals surface area contributed by atoms with Gasteiger partial charge in [-0.3, -0.25) is 4.99 Å². The molecule has 6 rings (SSSR count). The summed E-state index contributed by atoms with van der Waals surface area (Å²) < 4.78 is 30.1. The smallest absolute Gasteiger partial charge is 0.387 e. The van der Waals surface area contributed by atoms with E-state index in [-0.39, 0.29) is 11.2 Å². The number of aliphatic imine (C=N–C) groups is 1. The Balaban J connectivity index is 1.15. The highest BCUT2D eigenvalue weighted by Gasteiger charge is 2.38. The van der Waals surface area contributed by atoms with Gasteiger partial charge in [0.2, 0.25) is 0 Å². The average Bonchev–Trinajstić information content (AvgIpc) is 3.58. The molecule has 0 saturated carbocycles. The lowest BCUT2D eigenvalue weighted by atomic mass is 9.74. The van der Waals surface area contributed by atoms with Crippen LogP contribution in [0.5, 0.6) is 5.75 Å². The van der Waals surface area contributed by atoms with Gasteiger partial charge in [0.15, 0.2) is 0 Å². The van der Waals surface area contributed by atoms with Crippen LogP contribution in [0.15, 0.2) is 65.5 Å². The van der Waals surface area contributed by atoms with E-state index >= 15 is 0 Å². The van der Waals surface area contributed by atoms with Gasteiger partial charge in [-0.25, -0.2) is 9.97 Å². The molecular formula is C33H30F2N4O. The van der Waals surface area contributed by atoms with Crippen LogP contribution in [0.3, 0.4) is 0 Å². The third-order valence-electron chi connectivity index (χ3n) is 8.40. The van der Waals surface area contributed by atoms with Crippen molar-refractivity contribution in [2.45, 2.75) is 46.1 Å². The number of aromatic nitrogens is 2. The van der Waals surface area contributed by atoms with Gasteiger partial charge in [0.1, 0.15) is 17.9 Å². The van der Waals surface area contributed by atoms with Gasteiger partial charge >= 0.3 is 6.61 Å². The Kier molecular flexibility index (Phi) is 6.71. The van der Waals surface area contributed by atoms with Crippen LogP contribution in [0.4, 0.5) is 14.6 Å². The predicted molar refractivity (Wildman–Crippen MR) is 155 cm³/mol. The minimum absolute atomic E-state index is 0.0490. The fourth-order valence-corrected chi connectivity index (χ4v) is 5.96. The average molecular weight is 537 g/mol. The van der Waals surface area contributed by atoms with E-state index in [1.165, 1.54) is 5.57 Å².